The van der Waals surface area contributed by atoms with E-state index in [1.165, 1.54) is 6.07 Å². The third-order valence-electron chi connectivity index (χ3n) is 4.04. The number of anilines is 1. The fourth-order valence-corrected chi connectivity index (χ4v) is 2.57. The molecule has 2 aromatic rings. The maximum absolute atomic E-state index is 13.9. The van der Waals surface area contributed by atoms with Gasteiger partial charge in [0.1, 0.15) is 17.6 Å². The number of rotatable bonds is 7. The van der Waals surface area contributed by atoms with Gasteiger partial charge in [0.25, 0.3) is 5.91 Å². The summed E-state index contributed by atoms with van der Waals surface area (Å²) >= 11 is 0. The second-order valence-corrected chi connectivity index (χ2v) is 6.63. The van der Waals surface area contributed by atoms with Crippen molar-refractivity contribution >= 4 is 17.5 Å². The van der Waals surface area contributed by atoms with Crippen molar-refractivity contribution in [1.82, 2.24) is 5.32 Å². The van der Waals surface area contributed by atoms with Crippen molar-refractivity contribution in [3.8, 4) is 5.75 Å². The third-order valence-corrected chi connectivity index (χ3v) is 4.04. The highest BCUT2D eigenvalue weighted by atomic mass is 19.1. The predicted octanol–water partition coefficient (Wildman–Crippen LogP) is 3.93. The summed E-state index contributed by atoms with van der Waals surface area (Å²) in [5.41, 5.74) is 1.34. The minimum absolute atomic E-state index is 0.0981. The van der Waals surface area contributed by atoms with E-state index in [2.05, 4.69) is 10.6 Å². The first-order valence-corrected chi connectivity index (χ1v) is 8.92. The van der Waals surface area contributed by atoms with Gasteiger partial charge in [0.2, 0.25) is 5.91 Å². The number of halogens is 1. The van der Waals surface area contributed by atoms with Crippen LogP contribution in [0.25, 0.3) is 0 Å². The molecule has 27 heavy (non-hydrogen) atoms. The second kappa shape index (κ2) is 9.16. The maximum atomic E-state index is 13.9. The Morgan fingerprint density at radius 1 is 1.11 bits per heavy atom. The summed E-state index contributed by atoms with van der Waals surface area (Å²) in [7, 11) is 0. The summed E-state index contributed by atoms with van der Waals surface area (Å²) in [6, 6.07) is 10.3. The quantitative estimate of drug-likeness (QED) is 0.774. The molecule has 0 saturated carbocycles. The largest absolute Gasteiger partial charge is 0.494 e. The lowest BCUT2D eigenvalue weighted by Gasteiger charge is -2.22. The average Bonchev–Trinajstić information content (AvgIpc) is 2.63. The normalized spacial score (nSPS) is 11.8. The Bertz CT molecular complexity index is 804. The van der Waals surface area contributed by atoms with E-state index in [0.29, 0.717) is 17.9 Å². The molecule has 0 spiro atoms. The molecule has 0 bridgehead atoms. The lowest BCUT2D eigenvalue weighted by atomic mass is 10.0. The van der Waals surface area contributed by atoms with Gasteiger partial charge in [-0.1, -0.05) is 19.9 Å². The van der Waals surface area contributed by atoms with E-state index >= 15 is 0 Å². The number of amides is 2. The minimum Gasteiger partial charge on any atom is -0.494 e. The van der Waals surface area contributed by atoms with E-state index in [9.17, 15) is 14.0 Å². The Hall–Kier alpha value is -2.89. The van der Waals surface area contributed by atoms with Crippen LogP contribution in [0.1, 0.15) is 36.7 Å². The number of nitrogens with one attached hydrogen (secondary N) is 2. The van der Waals surface area contributed by atoms with Crippen molar-refractivity contribution in [2.75, 3.05) is 11.9 Å². The Morgan fingerprint density at radius 2 is 1.78 bits per heavy atom. The number of hydrogen-bond donors (Lipinski definition) is 2. The van der Waals surface area contributed by atoms with E-state index in [4.69, 9.17) is 4.74 Å². The molecule has 6 heteroatoms. The number of hydrogen-bond acceptors (Lipinski definition) is 3. The molecular weight excluding hydrogens is 347 g/mol. The third kappa shape index (κ3) is 5.54. The molecule has 2 rings (SSSR count). The second-order valence-electron chi connectivity index (χ2n) is 6.63. The molecular formula is C21H25FN2O3. The maximum Gasteiger partial charge on any atom is 0.251 e. The van der Waals surface area contributed by atoms with Gasteiger partial charge in [-0.2, -0.15) is 0 Å². The predicted molar refractivity (Wildman–Crippen MR) is 103 cm³/mol. The first-order valence-electron chi connectivity index (χ1n) is 8.92. The van der Waals surface area contributed by atoms with Crippen LogP contribution in [-0.4, -0.2) is 24.5 Å². The van der Waals surface area contributed by atoms with Crippen LogP contribution in [0.5, 0.6) is 5.75 Å². The summed E-state index contributed by atoms with van der Waals surface area (Å²) in [4.78, 5) is 25.1. The van der Waals surface area contributed by atoms with Gasteiger partial charge in [-0.05, 0) is 61.7 Å². The van der Waals surface area contributed by atoms with Crippen LogP contribution < -0.4 is 15.4 Å². The summed E-state index contributed by atoms with van der Waals surface area (Å²) in [5.74, 6) is -0.869. The summed E-state index contributed by atoms with van der Waals surface area (Å²) in [6.45, 7) is 7.85. The van der Waals surface area contributed by atoms with E-state index in [1.54, 1.807) is 36.4 Å². The van der Waals surface area contributed by atoms with Gasteiger partial charge in [0.15, 0.2) is 0 Å². The first kappa shape index (κ1) is 20.4. The van der Waals surface area contributed by atoms with Gasteiger partial charge in [-0.25, -0.2) is 4.39 Å². The molecule has 0 aliphatic rings. The number of benzene rings is 2. The number of aryl methyl sites for hydroxylation is 1. The molecule has 0 fully saturated rings. The van der Waals surface area contributed by atoms with Crippen molar-refractivity contribution in [2.45, 2.75) is 33.7 Å². The fraction of sp³-hybridized carbons (Fsp3) is 0.333. The van der Waals surface area contributed by atoms with Crippen LogP contribution >= 0.6 is 0 Å². The van der Waals surface area contributed by atoms with Gasteiger partial charge in [0, 0.05) is 5.56 Å². The van der Waals surface area contributed by atoms with Gasteiger partial charge in [0.05, 0.1) is 12.3 Å². The molecule has 0 aliphatic heterocycles. The highest BCUT2D eigenvalue weighted by Gasteiger charge is 2.25. The summed E-state index contributed by atoms with van der Waals surface area (Å²) < 4.78 is 19.3. The van der Waals surface area contributed by atoms with E-state index in [1.807, 2.05) is 27.7 Å². The van der Waals surface area contributed by atoms with Crippen LogP contribution in [0.3, 0.4) is 0 Å². The number of ether oxygens (including phenoxy) is 1. The molecule has 2 aromatic carbocycles. The Morgan fingerprint density at radius 3 is 2.37 bits per heavy atom. The standard InChI is InChI=1S/C21H25FN2O3/c1-5-27-16-9-7-15(8-10-16)20(25)24-19(13(2)3)21(26)23-18-12-14(4)6-11-17(18)22/h6-13,19H,5H2,1-4H3,(H,23,26)(H,24,25). The SMILES string of the molecule is CCOc1ccc(C(=O)NC(C(=O)Nc2cc(C)ccc2F)C(C)C)cc1. The van der Waals surface area contributed by atoms with Crippen molar-refractivity contribution < 1.29 is 18.7 Å². The zero-order valence-corrected chi connectivity index (χ0v) is 16.0. The van der Waals surface area contributed by atoms with Crippen molar-refractivity contribution in [3.05, 3.63) is 59.4 Å². The lowest BCUT2D eigenvalue weighted by Crippen LogP contribution is -2.47. The molecule has 1 unspecified atom stereocenters. The molecule has 0 aliphatic carbocycles. The van der Waals surface area contributed by atoms with Crippen molar-refractivity contribution in [1.29, 1.82) is 0 Å². The van der Waals surface area contributed by atoms with Crippen LogP contribution in [0.15, 0.2) is 42.5 Å². The summed E-state index contributed by atoms with van der Waals surface area (Å²) in [5, 5.41) is 5.29. The van der Waals surface area contributed by atoms with Crippen LogP contribution in [0.2, 0.25) is 0 Å². The summed E-state index contributed by atoms with van der Waals surface area (Å²) in [6.07, 6.45) is 0. The smallest absolute Gasteiger partial charge is 0.251 e. The van der Waals surface area contributed by atoms with E-state index in [-0.39, 0.29) is 17.5 Å². The highest BCUT2D eigenvalue weighted by molar-refractivity contribution is 6.01. The first-order chi connectivity index (χ1) is 12.8. The monoisotopic (exact) mass is 372 g/mol. The average molecular weight is 372 g/mol. The molecule has 2 amide bonds. The molecule has 144 valence electrons. The van der Waals surface area contributed by atoms with Gasteiger partial charge >= 0.3 is 0 Å². The van der Waals surface area contributed by atoms with Crippen LogP contribution in [0, 0.1) is 18.7 Å². The Kier molecular flexibility index (Phi) is 6.93. The number of carbonyl (C=O) groups is 2. The van der Waals surface area contributed by atoms with Crippen LogP contribution in [0.4, 0.5) is 10.1 Å². The van der Waals surface area contributed by atoms with Gasteiger partial charge in [-0.15, -0.1) is 0 Å². The molecule has 5 nitrogen and oxygen atoms in total. The van der Waals surface area contributed by atoms with Crippen molar-refractivity contribution in [3.63, 3.8) is 0 Å². The lowest BCUT2D eigenvalue weighted by molar-refractivity contribution is -0.118. The number of carbonyl (C=O) groups excluding carboxylic acids is 2. The minimum atomic E-state index is -0.802. The molecule has 0 radical (unpaired) electrons. The molecule has 1 atom stereocenters. The molecule has 2 N–H and O–H groups in total. The molecule has 0 heterocycles. The van der Waals surface area contributed by atoms with Crippen molar-refractivity contribution in [2.24, 2.45) is 5.92 Å². The van der Waals surface area contributed by atoms with E-state index in [0.717, 1.165) is 5.56 Å². The van der Waals surface area contributed by atoms with Gasteiger partial charge in [-0.3, -0.25) is 9.59 Å². The fourth-order valence-electron chi connectivity index (χ4n) is 2.57. The Labute approximate surface area is 158 Å². The molecule has 0 saturated heterocycles. The van der Waals surface area contributed by atoms with E-state index < -0.39 is 17.8 Å². The zero-order chi connectivity index (χ0) is 20.0. The highest BCUT2D eigenvalue weighted by Crippen LogP contribution is 2.17. The zero-order valence-electron chi connectivity index (χ0n) is 16.0. The molecule has 0 aromatic heterocycles. The van der Waals surface area contributed by atoms with Gasteiger partial charge < -0.3 is 15.4 Å². The topological polar surface area (TPSA) is 67.4 Å². The van der Waals surface area contributed by atoms with Crippen LogP contribution in [-0.2, 0) is 4.79 Å². The Balaban J connectivity index is 2.10.